The van der Waals surface area contributed by atoms with Crippen molar-refractivity contribution in [3.05, 3.63) is 0 Å². The van der Waals surface area contributed by atoms with E-state index in [0.29, 0.717) is 6.61 Å². The SMILES string of the molecule is CCCC[C@@H](CC)CSSCCOC(=O)NC. The van der Waals surface area contributed by atoms with Crippen molar-refractivity contribution in [1.82, 2.24) is 5.32 Å². The monoisotopic (exact) mass is 279 g/mol. The van der Waals surface area contributed by atoms with Gasteiger partial charge in [0.1, 0.15) is 6.61 Å². The molecule has 0 rings (SSSR count). The van der Waals surface area contributed by atoms with Crippen LogP contribution in [0.15, 0.2) is 0 Å². The van der Waals surface area contributed by atoms with Gasteiger partial charge in [0.15, 0.2) is 0 Å². The van der Waals surface area contributed by atoms with Crippen LogP contribution >= 0.6 is 21.6 Å². The van der Waals surface area contributed by atoms with Gasteiger partial charge in [-0.3, -0.25) is 0 Å². The van der Waals surface area contributed by atoms with E-state index in [1.807, 2.05) is 10.8 Å². The highest BCUT2D eigenvalue weighted by Gasteiger charge is 2.06. The molecule has 0 aliphatic rings. The average Bonchev–Trinajstić information content (AvgIpc) is 2.36. The highest BCUT2D eigenvalue weighted by atomic mass is 33.1. The number of nitrogens with one attached hydrogen (secondary N) is 1. The lowest BCUT2D eigenvalue weighted by Gasteiger charge is -2.13. The van der Waals surface area contributed by atoms with E-state index < -0.39 is 0 Å². The summed E-state index contributed by atoms with van der Waals surface area (Å²) in [5, 5.41) is 2.43. The topological polar surface area (TPSA) is 38.3 Å². The number of rotatable bonds is 10. The summed E-state index contributed by atoms with van der Waals surface area (Å²) in [7, 11) is 5.27. The Kier molecular flexibility index (Phi) is 12.4. The first-order valence-electron chi connectivity index (χ1n) is 6.33. The number of amides is 1. The van der Waals surface area contributed by atoms with E-state index in [9.17, 15) is 4.79 Å². The van der Waals surface area contributed by atoms with Crippen molar-refractivity contribution < 1.29 is 9.53 Å². The molecule has 0 unspecified atom stereocenters. The molecule has 0 fully saturated rings. The predicted octanol–water partition coefficient (Wildman–Crippen LogP) is 3.94. The summed E-state index contributed by atoms with van der Waals surface area (Å²) in [5.74, 6) is 2.91. The largest absolute Gasteiger partial charge is 0.449 e. The highest BCUT2D eigenvalue weighted by molar-refractivity contribution is 8.76. The summed E-state index contributed by atoms with van der Waals surface area (Å²) < 4.78 is 4.91. The zero-order valence-corrected chi connectivity index (χ0v) is 12.8. The molecule has 1 atom stereocenters. The minimum absolute atomic E-state index is 0.343. The van der Waals surface area contributed by atoms with E-state index >= 15 is 0 Å². The third kappa shape index (κ3) is 10.8. The first-order valence-corrected chi connectivity index (χ1v) is 8.82. The van der Waals surface area contributed by atoms with Crippen LogP contribution in [0.1, 0.15) is 39.5 Å². The van der Waals surface area contributed by atoms with Crippen LogP contribution < -0.4 is 5.32 Å². The van der Waals surface area contributed by atoms with E-state index in [0.717, 1.165) is 11.7 Å². The summed E-state index contributed by atoms with van der Waals surface area (Å²) in [6.45, 7) is 4.99. The molecule has 0 bridgehead atoms. The second-order valence-electron chi connectivity index (χ2n) is 3.91. The molecule has 102 valence electrons. The number of carbonyl (C=O) groups is 1. The lowest BCUT2D eigenvalue weighted by Crippen LogP contribution is -2.20. The summed E-state index contributed by atoms with van der Waals surface area (Å²) in [4.78, 5) is 10.8. The molecule has 0 spiro atoms. The smallest absolute Gasteiger partial charge is 0.406 e. The maximum Gasteiger partial charge on any atom is 0.406 e. The maximum atomic E-state index is 10.8. The molecule has 0 heterocycles. The third-order valence-electron chi connectivity index (χ3n) is 2.53. The molecule has 3 nitrogen and oxygen atoms in total. The number of ether oxygens (including phenoxy) is 1. The fraction of sp³-hybridized carbons (Fsp3) is 0.917. The standard InChI is InChI=1S/C12H25NO2S2/c1-4-6-7-11(5-2)10-17-16-9-8-15-12(14)13-3/h11H,4-10H2,1-3H3,(H,13,14)/t11-/m1/s1. The van der Waals surface area contributed by atoms with Gasteiger partial charge in [-0.1, -0.05) is 54.7 Å². The minimum atomic E-state index is -0.343. The van der Waals surface area contributed by atoms with Crippen LogP contribution in [0.25, 0.3) is 0 Å². The molecule has 0 radical (unpaired) electrons. The second-order valence-corrected chi connectivity index (χ2v) is 6.54. The molecule has 0 aliphatic heterocycles. The van der Waals surface area contributed by atoms with Gasteiger partial charge in [0.25, 0.3) is 0 Å². The van der Waals surface area contributed by atoms with E-state index in [4.69, 9.17) is 4.74 Å². The van der Waals surface area contributed by atoms with Crippen molar-refractivity contribution in [3.8, 4) is 0 Å². The van der Waals surface area contributed by atoms with Gasteiger partial charge in [-0.25, -0.2) is 4.79 Å². The fourth-order valence-electron chi connectivity index (χ4n) is 1.34. The quantitative estimate of drug-likeness (QED) is 0.485. The van der Waals surface area contributed by atoms with Gasteiger partial charge < -0.3 is 10.1 Å². The van der Waals surface area contributed by atoms with E-state index in [1.165, 1.54) is 31.4 Å². The Balaban J connectivity index is 3.33. The number of unbranched alkanes of at least 4 members (excludes halogenated alkanes) is 1. The van der Waals surface area contributed by atoms with E-state index in [1.54, 1.807) is 17.8 Å². The van der Waals surface area contributed by atoms with Crippen LogP contribution in [-0.2, 0) is 4.74 Å². The second kappa shape index (κ2) is 12.4. The van der Waals surface area contributed by atoms with Crippen molar-refractivity contribution in [2.75, 3.05) is 25.2 Å². The van der Waals surface area contributed by atoms with Gasteiger partial charge in [0, 0.05) is 18.6 Å². The Morgan fingerprint density at radius 3 is 2.71 bits per heavy atom. The maximum absolute atomic E-state index is 10.8. The molecule has 0 aromatic heterocycles. The van der Waals surface area contributed by atoms with Crippen LogP contribution in [0.4, 0.5) is 4.79 Å². The van der Waals surface area contributed by atoms with Gasteiger partial charge in [0.05, 0.1) is 0 Å². The molecule has 0 aromatic carbocycles. The molecular weight excluding hydrogens is 254 g/mol. The van der Waals surface area contributed by atoms with Crippen molar-refractivity contribution in [2.24, 2.45) is 5.92 Å². The molecule has 0 aliphatic carbocycles. The minimum Gasteiger partial charge on any atom is -0.449 e. The zero-order chi connectivity index (χ0) is 12.9. The number of carbonyl (C=O) groups excluding carboxylic acids is 1. The zero-order valence-electron chi connectivity index (χ0n) is 11.2. The van der Waals surface area contributed by atoms with Gasteiger partial charge >= 0.3 is 6.09 Å². The third-order valence-corrected chi connectivity index (χ3v) is 5.05. The first kappa shape index (κ1) is 17.0. The normalized spacial score (nSPS) is 12.2. The summed E-state index contributed by atoms with van der Waals surface area (Å²) in [6, 6.07) is 0. The molecular formula is C12H25NO2S2. The van der Waals surface area contributed by atoms with Crippen LogP contribution in [0.5, 0.6) is 0 Å². The summed E-state index contributed by atoms with van der Waals surface area (Å²) >= 11 is 0. The fourth-order valence-corrected chi connectivity index (χ4v) is 3.73. The van der Waals surface area contributed by atoms with Gasteiger partial charge in [-0.15, -0.1) is 0 Å². The number of alkyl carbamates (subject to hydrolysis) is 1. The Morgan fingerprint density at radius 1 is 1.35 bits per heavy atom. The molecule has 0 aromatic rings. The van der Waals surface area contributed by atoms with Crippen molar-refractivity contribution in [3.63, 3.8) is 0 Å². The summed E-state index contributed by atoms with van der Waals surface area (Å²) in [5.41, 5.74) is 0. The molecule has 5 heteroatoms. The molecule has 1 amide bonds. The van der Waals surface area contributed by atoms with Crippen LogP contribution in [0.2, 0.25) is 0 Å². The Hall–Kier alpha value is -0.0300. The first-order chi connectivity index (χ1) is 8.24. The van der Waals surface area contributed by atoms with Gasteiger partial charge in [-0.05, 0) is 12.3 Å². The van der Waals surface area contributed by atoms with E-state index in [2.05, 4.69) is 19.2 Å². The van der Waals surface area contributed by atoms with Crippen LogP contribution in [0.3, 0.4) is 0 Å². The molecule has 0 saturated heterocycles. The van der Waals surface area contributed by atoms with E-state index in [-0.39, 0.29) is 6.09 Å². The molecule has 17 heavy (non-hydrogen) atoms. The Bertz CT molecular complexity index is 191. The van der Waals surface area contributed by atoms with Gasteiger partial charge in [0.2, 0.25) is 0 Å². The van der Waals surface area contributed by atoms with Gasteiger partial charge in [-0.2, -0.15) is 0 Å². The Labute approximate surface area is 113 Å². The molecule has 0 saturated carbocycles. The predicted molar refractivity (Wildman–Crippen MR) is 78.6 cm³/mol. The number of hydrogen-bond acceptors (Lipinski definition) is 4. The lowest BCUT2D eigenvalue weighted by atomic mass is 10.0. The van der Waals surface area contributed by atoms with Crippen molar-refractivity contribution in [1.29, 1.82) is 0 Å². The number of hydrogen-bond donors (Lipinski definition) is 1. The van der Waals surface area contributed by atoms with Crippen LogP contribution in [-0.4, -0.2) is 31.3 Å². The summed E-state index contributed by atoms with van der Waals surface area (Å²) in [6.07, 6.45) is 4.89. The molecule has 1 N–H and O–H groups in total. The van der Waals surface area contributed by atoms with Crippen molar-refractivity contribution >= 4 is 27.7 Å². The highest BCUT2D eigenvalue weighted by Crippen LogP contribution is 2.27. The van der Waals surface area contributed by atoms with Crippen LogP contribution in [0, 0.1) is 5.92 Å². The van der Waals surface area contributed by atoms with Crippen molar-refractivity contribution in [2.45, 2.75) is 39.5 Å². The average molecular weight is 279 g/mol. The lowest BCUT2D eigenvalue weighted by molar-refractivity contribution is 0.155. The Morgan fingerprint density at radius 2 is 2.12 bits per heavy atom.